The second-order valence-electron chi connectivity index (χ2n) is 5.71. The third-order valence-electron chi connectivity index (χ3n) is 2.64. The Morgan fingerprint density at radius 3 is 2.65 bits per heavy atom. The number of aliphatic imine (C=N–C) groups is 1. The standard InChI is InChI=1S/C12H20N2O3/c1-11(2,3)17-10(16)14-7-5-6-12(4,8-14)13-9-15/h5-8H2,1-4H3/t12-/m0/s1. The molecule has 96 valence electrons. The lowest BCUT2D eigenvalue weighted by Gasteiger charge is -2.37. The molecule has 1 rings (SSSR count). The van der Waals surface area contributed by atoms with E-state index in [4.69, 9.17) is 4.74 Å². The average molecular weight is 240 g/mol. The number of rotatable bonds is 1. The van der Waals surface area contributed by atoms with Crippen LogP contribution in [0, 0.1) is 0 Å². The Morgan fingerprint density at radius 1 is 1.47 bits per heavy atom. The van der Waals surface area contributed by atoms with Gasteiger partial charge in [0.2, 0.25) is 6.08 Å². The van der Waals surface area contributed by atoms with Crippen LogP contribution in [0.1, 0.15) is 40.5 Å². The van der Waals surface area contributed by atoms with Gasteiger partial charge in [0.05, 0.1) is 5.54 Å². The van der Waals surface area contributed by atoms with Crippen molar-refractivity contribution >= 4 is 12.2 Å². The Balaban J connectivity index is 2.67. The molecule has 0 aromatic rings. The van der Waals surface area contributed by atoms with Gasteiger partial charge in [-0.05, 0) is 40.5 Å². The van der Waals surface area contributed by atoms with E-state index < -0.39 is 11.1 Å². The lowest BCUT2D eigenvalue weighted by Crippen LogP contribution is -2.49. The molecule has 5 heteroatoms. The molecule has 0 N–H and O–H groups in total. The molecule has 1 fully saturated rings. The van der Waals surface area contributed by atoms with Gasteiger partial charge < -0.3 is 9.64 Å². The molecule has 0 aromatic heterocycles. The summed E-state index contributed by atoms with van der Waals surface area (Å²) in [5.74, 6) is 0. The number of amides is 1. The highest BCUT2D eigenvalue weighted by atomic mass is 16.6. The maximum Gasteiger partial charge on any atom is 0.410 e. The summed E-state index contributed by atoms with van der Waals surface area (Å²) in [5, 5.41) is 0. The zero-order valence-corrected chi connectivity index (χ0v) is 10.9. The SMILES string of the molecule is CC(C)(C)OC(=O)N1CCC[C@](C)(N=C=O)C1. The molecule has 1 atom stereocenters. The fourth-order valence-corrected chi connectivity index (χ4v) is 1.90. The predicted molar refractivity (Wildman–Crippen MR) is 63.6 cm³/mol. The Kier molecular flexibility index (Phi) is 3.94. The van der Waals surface area contributed by atoms with Gasteiger partial charge in [0.25, 0.3) is 0 Å². The van der Waals surface area contributed by atoms with Crippen molar-refractivity contribution in [3.8, 4) is 0 Å². The summed E-state index contributed by atoms with van der Waals surface area (Å²) in [7, 11) is 0. The van der Waals surface area contributed by atoms with E-state index in [2.05, 4.69) is 4.99 Å². The normalized spacial score (nSPS) is 25.1. The van der Waals surface area contributed by atoms with Crippen LogP contribution < -0.4 is 0 Å². The van der Waals surface area contributed by atoms with Crippen LogP contribution in [0.3, 0.4) is 0 Å². The van der Waals surface area contributed by atoms with Gasteiger partial charge in [0.1, 0.15) is 5.60 Å². The van der Waals surface area contributed by atoms with E-state index in [1.54, 1.807) is 11.0 Å². The summed E-state index contributed by atoms with van der Waals surface area (Å²) >= 11 is 0. The first-order valence-electron chi connectivity index (χ1n) is 5.83. The first-order valence-corrected chi connectivity index (χ1v) is 5.83. The van der Waals surface area contributed by atoms with Crippen molar-refractivity contribution in [2.24, 2.45) is 4.99 Å². The van der Waals surface area contributed by atoms with Gasteiger partial charge in [-0.15, -0.1) is 0 Å². The van der Waals surface area contributed by atoms with Gasteiger partial charge in [-0.1, -0.05) is 0 Å². The minimum absolute atomic E-state index is 0.343. The Labute approximate surface area is 102 Å². The highest BCUT2D eigenvalue weighted by Gasteiger charge is 2.34. The molecular weight excluding hydrogens is 220 g/mol. The van der Waals surface area contributed by atoms with Crippen molar-refractivity contribution in [3.05, 3.63) is 0 Å². The molecule has 1 heterocycles. The summed E-state index contributed by atoms with van der Waals surface area (Å²) in [6, 6.07) is 0. The van der Waals surface area contributed by atoms with E-state index >= 15 is 0 Å². The third-order valence-corrected chi connectivity index (χ3v) is 2.64. The Bertz CT molecular complexity index is 342. The first kappa shape index (κ1) is 13.7. The Hall–Kier alpha value is -1.35. The van der Waals surface area contributed by atoms with E-state index in [9.17, 15) is 9.59 Å². The summed E-state index contributed by atoms with van der Waals surface area (Å²) < 4.78 is 5.30. The van der Waals surface area contributed by atoms with Crippen LogP contribution in [0.25, 0.3) is 0 Å². The van der Waals surface area contributed by atoms with Crippen molar-refractivity contribution in [1.29, 1.82) is 0 Å². The fraction of sp³-hybridized carbons (Fsp3) is 0.833. The lowest BCUT2D eigenvalue weighted by molar-refractivity contribution is 0.0153. The van der Waals surface area contributed by atoms with Crippen molar-refractivity contribution in [2.45, 2.75) is 51.7 Å². The molecule has 5 nitrogen and oxygen atoms in total. The summed E-state index contributed by atoms with van der Waals surface area (Å²) in [6.45, 7) is 8.41. The number of ether oxygens (including phenoxy) is 1. The topological polar surface area (TPSA) is 59.0 Å². The van der Waals surface area contributed by atoms with Crippen LogP contribution in [-0.2, 0) is 9.53 Å². The molecular formula is C12H20N2O3. The molecule has 1 aliphatic heterocycles. The molecule has 0 saturated carbocycles. The maximum atomic E-state index is 11.9. The first-order chi connectivity index (χ1) is 7.76. The van der Waals surface area contributed by atoms with Crippen molar-refractivity contribution in [2.75, 3.05) is 13.1 Å². The van der Waals surface area contributed by atoms with Crippen molar-refractivity contribution in [3.63, 3.8) is 0 Å². The van der Waals surface area contributed by atoms with Gasteiger partial charge in [0, 0.05) is 13.1 Å². The van der Waals surface area contributed by atoms with Crippen molar-refractivity contribution in [1.82, 2.24) is 4.90 Å². The molecule has 0 spiro atoms. The number of isocyanates is 1. The monoisotopic (exact) mass is 240 g/mol. The second kappa shape index (κ2) is 4.88. The molecule has 0 bridgehead atoms. The zero-order chi connectivity index (χ0) is 13.1. The average Bonchev–Trinajstić information content (AvgIpc) is 2.14. The van der Waals surface area contributed by atoms with Crippen LogP contribution in [-0.4, -0.2) is 41.3 Å². The second-order valence-corrected chi connectivity index (χ2v) is 5.71. The number of hydrogen-bond acceptors (Lipinski definition) is 4. The summed E-state index contributed by atoms with van der Waals surface area (Å²) in [4.78, 5) is 27.6. The van der Waals surface area contributed by atoms with E-state index in [1.807, 2.05) is 27.7 Å². The van der Waals surface area contributed by atoms with Gasteiger partial charge in [0.15, 0.2) is 0 Å². The van der Waals surface area contributed by atoms with Crippen LogP contribution in [0.4, 0.5) is 4.79 Å². The van der Waals surface area contributed by atoms with Crippen LogP contribution in [0.15, 0.2) is 4.99 Å². The quantitative estimate of drug-likeness (QED) is 0.521. The minimum Gasteiger partial charge on any atom is -0.444 e. The summed E-state index contributed by atoms with van der Waals surface area (Å²) in [6.07, 6.45) is 2.85. The Morgan fingerprint density at radius 2 is 2.12 bits per heavy atom. The van der Waals surface area contributed by atoms with E-state index in [-0.39, 0.29) is 6.09 Å². The maximum absolute atomic E-state index is 11.9. The zero-order valence-electron chi connectivity index (χ0n) is 10.9. The smallest absolute Gasteiger partial charge is 0.410 e. The van der Waals surface area contributed by atoms with E-state index in [1.165, 1.54) is 0 Å². The fourth-order valence-electron chi connectivity index (χ4n) is 1.90. The number of hydrogen-bond donors (Lipinski definition) is 0. The largest absolute Gasteiger partial charge is 0.444 e. The molecule has 0 unspecified atom stereocenters. The molecule has 1 saturated heterocycles. The molecule has 0 aliphatic carbocycles. The number of carbonyl (C=O) groups is 1. The lowest BCUT2D eigenvalue weighted by atomic mass is 9.92. The minimum atomic E-state index is -0.517. The van der Waals surface area contributed by atoms with E-state index in [0.717, 1.165) is 12.8 Å². The number of carbonyl (C=O) groups excluding carboxylic acids is 2. The molecule has 1 aliphatic rings. The van der Waals surface area contributed by atoms with Crippen LogP contribution in [0.5, 0.6) is 0 Å². The van der Waals surface area contributed by atoms with Crippen LogP contribution in [0.2, 0.25) is 0 Å². The molecule has 0 radical (unpaired) electrons. The predicted octanol–water partition coefficient (Wildman–Crippen LogP) is 2.11. The van der Waals surface area contributed by atoms with Crippen molar-refractivity contribution < 1.29 is 14.3 Å². The molecule has 1 amide bonds. The van der Waals surface area contributed by atoms with Gasteiger partial charge in [-0.3, -0.25) is 0 Å². The van der Waals surface area contributed by atoms with Gasteiger partial charge in [-0.2, -0.15) is 4.99 Å². The number of likely N-dealkylation sites (tertiary alicyclic amines) is 1. The van der Waals surface area contributed by atoms with Gasteiger partial charge >= 0.3 is 6.09 Å². The molecule has 17 heavy (non-hydrogen) atoms. The highest BCUT2D eigenvalue weighted by Crippen LogP contribution is 2.25. The number of piperidine rings is 1. The van der Waals surface area contributed by atoms with Gasteiger partial charge in [-0.25, -0.2) is 9.59 Å². The van der Waals surface area contributed by atoms with Crippen LogP contribution >= 0.6 is 0 Å². The third kappa shape index (κ3) is 4.19. The summed E-state index contributed by atoms with van der Waals surface area (Å²) in [5.41, 5.74) is -1.02. The van der Waals surface area contributed by atoms with E-state index in [0.29, 0.717) is 13.1 Å². The molecule has 0 aromatic carbocycles. The number of nitrogens with zero attached hydrogens (tertiary/aromatic N) is 2. The highest BCUT2D eigenvalue weighted by molar-refractivity contribution is 5.68.